The van der Waals surface area contributed by atoms with Crippen LogP contribution in [0.1, 0.15) is 12.0 Å². The predicted octanol–water partition coefficient (Wildman–Crippen LogP) is 1.57. The molecule has 0 saturated carbocycles. The lowest BCUT2D eigenvalue weighted by Gasteiger charge is -2.00. The monoisotopic (exact) mass is 252 g/mol. The summed E-state index contributed by atoms with van der Waals surface area (Å²) in [6, 6.07) is 1.32. The Morgan fingerprint density at radius 3 is 2.83 bits per heavy atom. The van der Waals surface area contributed by atoms with Gasteiger partial charge in [-0.2, -0.15) is 0 Å². The maximum Gasteiger partial charge on any atom is 0.331 e. The van der Waals surface area contributed by atoms with Crippen molar-refractivity contribution in [2.75, 3.05) is 14.2 Å². The molecule has 96 valence electrons. The van der Waals surface area contributed by atoms with Crippen LogP contribution in [0.15, 0.2) is 18.3 Å². The minimum absolute atomic E-state index is 0.0508. The zero-order valence-electron chi connectivity index (χ0n) is 9.95. The fourth-order valence-electron chi connectivity index (χ4n) is 1.21. The van der Waals surface area contributed by atoms with Crippen molar-refractivity contribution in [1.29, 1.82) is 0 Å². The number of carbonyl (C=O) groups is 1. The first kappa shape index (κ1) is 13.6. The molecule has 0 bridgehead atoms. The van der Waals surface area contributed by atoms with Gasteiger partial charge in [0.1, 0.15) is 0 Å². The van der Waals surface area contributed by atoms with E-state index in [2.05, 4.69) is 9.72 Å². The Morgan fingerprint density at radius 2 is 2.28 bits per heavy atom. The Hall–Kier alpha value is -2.44. The van der Waals surface area contributed by atoms with Crippen LogP contribution in [-0.2, 0) is 9.53 Å². The zero-order chi connectivity index (χ0) is 13.5. The highest BCUT2D eigenvalue weighted by molar-refractivity contribution is 5.72. The maximum absolute atomic E-state index is 10.9. The summed E-state index contributed by atoms with van der Waals surface area (Å²) in [4.78, 5) is 24.8. The summed E-state index contributed by atoms with van der Waals surface area (Å²) < 4.78 is 9.22. The Balaban J connectivity index is 2.88. The van der Waals surface area contributed by atoms with Crippen molar-refractivity contribution in [3.63, 3.8) is 0 Å². The zero-order valence-corrected chi connectivity index (χ0v) is 9.95. The Kier molecular flexibility index (Phi) is 4.79. The molecule has 0 atom stereocenters. The molecule has 0 amide bonds. The quantitative estimate of drug-likeness (QED) is 0.448. The van der Waals surface area contributed by atoms with E-state index in [-0.39, 0.29) is 24.0 Å². The van der Waals surface area contributed by atoms with Gasteiger partial charge in [-0.15, -0.1) is 0 Å². The fourth-order valence-corrected chi connectivity index (χ4v) is 1.21. The van der Waals surface area contributed by atoms with Crippen LogP contribution < -0.4 is 4.74 Å². The summed E-state index contributed by atoms with van der Waals surface area (Å²) >= 11 is 0. The van der Waals surface area contributed by atoms with Gasteiger partial charge >= 0.3 is 11.7 Å². The van der Waals surface area contributed by atoms with Crippen molar-refractivity contribution in [3.8, 4) is 5.88 Å². The first-order valence-corrected chi connectivity index (χ1v) is 5.00. The van der Waals surface area contributed by atoms with Gasteiger partial charge in [-0.25, -0.2) is 4.98 Å². The number of esters is 1. The van der Waals surface area contributed by atoms with Crippen LogP contribution in [0.2, 0.25) is 0 Å². The molecule has 0 aliphatic carbocycles. The molecule has 1 rings (SSSR count). The number of pyridine rings is 1. The second kappa shape index (κ2) is 6.33. The molecule has 0 aromatic carbocycles. The lowest BCUT2D eigenvalue weighted by Crippen LogP contribution is -1.97. The summed E-state index contributed by atoms with van der Waals surface area (Å²) in [6.45, 7) is 0. The first-order valence-electron chi connectivity index (χ1n) is 5.00. The van der Waals surface area contributed by atoms with Crippen molar-refractivity contribution in [2.45, 2.75) is 6.42 Å². The first-order chi connectivity index (χ1) is 8.58. The van der Waals surface area contributed by atoms with E-state index < -0.39 is 4.92 Å². The third-order valence-electron chi connectivity index (χ3n) is 2.07. The Labute approximate surface area is 103 Å². The number of methoxy groups -OCH3 is 2. The van der Waals surface area contributed by atoms with Gasteiger partial charge in [-0.1, -0.05) is 12.2 Å². The average molecular weight is 252 g/mol. The molecule has 0 spiro atoms. The summed E-state index contributed by atoms with van der Waals surface area (Å²) in [6.07, 6.45) is 4.60. The van der Waals surface area contributed by atoms with Crippen LogP contribution in [-0.4, -0.2) is 30.1 Å². The molecule has 1 aromatic rings. The van der Waals surface area contributed by atoms with Gasteiger partial charge in [0, 0.05) is 12.3 Å². The molecule has 1 aromatic heterocycles. The van der Waals surface area contributed by atoms with Gasteiger partial charge in [0.2, 0.25) is 0 Å². The molecule has 0 radical (unpaired) electrons. The summed E-state index contributed by atoms with van der Waals surface area (Å²) in [5, 5.41) is 10.7. The molecule has 0 N–H and O–H groups in total. The molecule has 0 aliphatic rings. The predicted molar refractivity (Wildman–Crippen MR) is 63.1 cm³/mol. The molecule has 0 aliphatic heterocycles. The molecule has 7 nitrogen and oxygen atoms in total. The van der Waals surface area contributed by atoms with Gasteiger partial charge in [0.15, 0.2) is 0 Å². The topological polar surface area (TPSA) is 91.6 Å². The van der Waals surface area contributed by atoms with Crippen LogP contribution in [0.3, 0.4) is 0 Å². The van der Waals surface area contributed by atoms with Gasteiger partial charge in [0.05, 0.1) is 25.6 Å². The van der Waals surface area contributed by atoms with Crippen LogP contribution in [0.5, 0.6) is 5.88 Å². The third kappa shape index (κ3) is 3.55. The summed E-state index contributed by atoms with van der Waals surface area (Å²) in [7, 11) is 2.60. The van der Waals surface area contributed by atoms with Crippen molar-refractivity contribution in [2.24, 2.45) is 0 Å². The van der Waals surface area contributed by atoms with Gasteiger partial charge < -0.3 is 9.47 Å². The maximum atomic E-state index is 10.9. The van der Waals surface area contributed by atoms with Crippen molar-refractivity contribution in [3.05, 3.63) is 34.0 Å². The van der Waals surface area contributed by atoms with E-state index in [9.17, 15) is 14.9 Å². The van der Waals surface area contributed by atoms with E-state index in [0.717, 1.165) is 0 Å². The van der Waals surface area contributed by atoms with E-state index in [4.69, 9.17) is 4.74 Å². The molecule has 7 heteroatoms. The lowest BCUT2D eigenvalue weighted by atomic mass is 10.2. The number of nitro groups is 1. The normalized spacial score (nSPS) is 10.3. The highest BCUT2D eigenvalue weighted by atomic mass is 16.6. The Bertz CT molecular complexity index is 484. The molecule has 1 heterocycles. The number of carbonyl (C=O) groups excluding carboxylic acids is 1. The number of rotatable bonds is 5. The van der Waals surface area contributed by atoms with Gasteiger partial charge in [0.25, 0.3) is 5.88 Å². The van der Waals surface area contributed by atoms with Crippen LogP contribution in [0.25, 0.3) is 6.08 Å². The number of hydrogen-bond acceptors (Lipinski definition) is 6. The minimum Gasteiger partial charge on any atom is -0.476 e. The van der Waals surface area contributed by atoms with E-state index in [1.54, 1.807) is 12.2 Å². The number of aromatic nitrogens is 1. The molecule has 0 saturated heterocycles. The van der Waals surface area contributed by atoms with Crippen molar-refractivity contribution in [1.82, 2.24) is 4.98 Å². The lowest BCUT2D eigenvalue weighted by molar-refractivity contribution is -0.386. The number of ether oxygens (including phenoxy) is 2. The smallest absolute Gasteiger partial charge is 0.331 e. The molecule has 0 fully saturated rings. The van der Waals surface area contributed by atoms with Crippen LogP contribution in [0.4, 0.5) is 5.69 Å². The van der Waals surface area contributed by atoms with E-state index >= 15 is 0 Å². The largest absolute Gasteiger partial charge is 0.476 e. The average Bonchev–Trinajstić information content (AvgIpc) is 2.38. The van der Waals surface area contributed by atoms with Crippen LogP contribution >= 0.6 is 0 Å². The molecular weight excluding hydrogens is 240 g/mol. The van der Waals surface area contributed by atoms with Gasteiger partial charge in [-0.05, 0) is 5.56 Å². The molecular formula is C11H12N2O5. The molecule has 0 unspecified atom stereocenters. The fraction of sp³-hybridized carbons (Fsp3) is 0.273. The second-order valence-corrected chi connectivity index (χ2v) is 3.24. The van der Waals surface area contributed by atoms with Crippen molar-refractivity contribution >= 4 is 17.7 Å². The van der Waals surface area contributed by atoms with Crippen LogP contribution in [0, 0.1) is 10.1 Å². The Morgan fingerprint density at radius 1 is 1.56 bits per heavy atom. The standard InChI is InChI=1S/C11H12N2O5/c1-17-10(14)5-3-4-8-6-9(13(15)16)11(18-2)12-7-8/h3-4,6-7H,5H2,1-2H3. The summed E-state index contributed by atoms with van der Waals surface area (Å²) in [5.41, 5.74) is 0.282. The number of nitrogens with zero attached hydrogens (tertiary/aromatic N) is 2. The summed E-state index contributed by atoms with van der Waals surface area (Å²) in [5.74, 6) is -0.438. The molecule has 18 heavy (non-hydrogen) atoms. The SMILES string of the molecule is COC(=O)CC=Cc1cnc(OC)c([N+](=O)[O-])c1. The highest BCUT2D eigenvalue weighted by Gasteiger charge is 2.15. The minimum atomic E-state index is -0.580. The van der Waals surface area contributed by atoms with Gasteiger partial charge in [-0.3, -0.25) is 14.9 Å². The van der Waals surface area contributed by atoms with E-state index in [1.807, 2.05) is 0 Å². The van der Waals surface area contributed by atoms with Crippen molar-refractivity contribution < 1.29 is 19.2 Å². The third-order valence-corrected chi connectivity index (χ3v) is 2.07. The van der Waals surface area contributed by atoms with E-state index in [1.165, 1.54) is 26.5 Å². The second-order valence-electron chi connectivity index (χ2n) is 3.24. The van der Waals surface area contributed by atoms with E-state index in [0.29, 0.717) is 5.56 Å². The number of hydrogen-bond donors (Lipinski definition) is 0. The highest BCUT2D eigenvalue weighted by Crippen LogP contribution is 2.24.